The van der Waals surface area contributed by atoms with E-state index in [0.717, 1.165) is 53.1 Å². The zero-order valence-corrected chi connectivity index (χ0v) is 20.9. The Morgan fingerprint density at radius 1 is 1.03 bits per heavy atom. The van der Waals surface area contributed by atoms with Gasteiger partial charge in [-0.3, -0.25) is 4.79 Å². The second-order valence-corrected chi connectivity index (χ2v) is 10.1. The number of amides is 1. The average molecular weight is 505 g/mol. The van der Waals surface area contributed by atoms with Crippen molar-refractivity contribution in [2.24, 2.45) is 11.0 Å². The van der Waals surface area contributed by atoms with Crippen LogP contribution in [0.3, 0.4) is 0 Å². The molecule has 8 heteroatoms. The molecule has 1 aliphatic carbocycles. The van der Waals surface area contributed by atoms with Gasteiger partial charge in [-0.1, -0.05) is 36.0 Å². The predicted molar refractivity (Wildman–Crippen MR) is 137 cm³/mol. The summed E-state index contributed by atoms with van der Waals surface area (Å²) in [6.07, 6.45) is 4.68. The summed E-state index contributed by atoms with van der Waals surface area (Å²) in [7, 11) is 0. The van der Waals surface area contributed by atoms with Gasteiger partial charge in [0.05, 0.1) is 17.5 Å². The van der Waals surface area contributed by atoms with Gasteiger partial charge in [-0.25, -0.2) is 23.8 Å². The van der Waals surface area contributed by atoms with Crippen LogP contribution < -0.4 is 0 Å². The molecule has 0 spiro atoms. The number of aryl methyl sites for hydroxylation is 2. The van der Waals surface area contributed by atoms with E-state index in [0.29, 0.717) is 5.16 Å². The zero-order valence-electron chi connectivity index (χ0n) is 20.1. The van der Waals surface area contributed by atoms with Gasteiger partial charge in [0.15, 0.2) is 5.16 Å². The summed E-state index contributed by atoms with van der Waals surface area (Å²) in [4.78, 5) is 22.3. The first-order valence-corrected chi connectivity index (χ1v) is 12.9. The fraction of sp³-hybridized carbons (Fsp3) is 0.286. The number of carbonyl (C=O) groups excluding carboxylic acids is 1. The van der Waals surface area contributed by atoms with Crippen LogP contribution in [0.4, 0.5) is 8.78 Å². The first-order chi connectivity index (χ1) is 17.4. The molecule has 0 N–H and O–H groups in total. The molecular formula is C28H26F2N4OS. The second kappa shape index (κ2) is 10.3. The average Bonchev–Trinajstić information content (AvgIpc) is 3.25. The number of aromatic nitrogens is 2. The fourth-order valence-corrected chi connectivity index (χ4v) is 5.71. The van der Waals surface area contributed by atoms with Gasteiger partial charge in [-0.2, -0.15) is 5.10 Å². The summed E-state index contributed by atoms with van der Waals surface area (Å²) in [5.74, 6) is -0.613. The standard InChI is InChI=1S/C28H26F2N4OS/c1-17-14-18(2)32-28(31-17)36-16-25(35)34-27(20-8-12-23(30)13-9-20)24-5-3-4-21(26(24)33-34)15-19-6-10-22(29)11-7-19/h6-15,24,27H,3-5,16H2,1-2H3/b21-15-. The van der Waals surface area contributed by atoms with E-state index in [2.05, 4.69) is 9.97 Å². The van der Waals surface area contributed by atoms with Gasteiger partial charge in [0.25, 0.3) is 5.91 Å². The van der Waals surface area contributed by atoms with Crippen molar-refractivity contribution in [2.75, 3.05) is 5.75 Å². The highest BCUT2D eigenvalue weighted by Gasteiger charge is 2.43. The van der Waals surface area contributed by atoms with Crippen molar-refractivity contribution in [2.45, 2.75) is 44.3 Å². The smallest absolute Gasteiger partial charge is 0.253 e. The van der Waals surface area contributed by atoms with Crippen molar-refractivity contribution < 1.29 is 13.6 Å². The predicted octanol–water partition coefficient (Wildman–Crippen LogP) is 6.29. The monoisotopic (exact) mass is 504 g/mol. The Hall–Kier alpha value is -3.39. The van der Waals surface area contributed by atoms with E-state index in [1.807, 2.05) is 26.0 Å². The van der Waals surface area contributed by atoms with Crippen LogP contribution in [-0.2, 0) is 4.79 Å². The number of hydrogen-bond donors (Lipinski definition) is 0. The number of allylic oxidation sites excluding steroid dienone is 1. The van der Waals surface area contributed by atoms with E-state index >= 15 is 0 Å². The molecule has 1 aliphatic heterocycles. The minimum Gasteiger partial charge on any atom is -0.272 e. The molecule has 1 saturated carbocycles. The van der Waals surface area contributed by atoms with E-state index in [-0.39, 0.29) is 35.3 Å². The number of thioether (sulfide) groups is 1. The molecule has 0 bridgehead atoms. The lowest BCUT2D eigenvalue weighted by Gasteiger charge is -2.29. The number of benzene rings is 2. The minimum absolute atomic E-state index is 0.00215. The lowest BCUT2D eigenvalue weighted by atomic mass is 9.77. The summed E-state index contributed by atoms with van der Waals surface area (Å²) in [5.41, 5.74) is 5.37. The summed E-state index contributed by atoms with van der Waals surface area (Å²) in [5, 5.41) is 6.96. The van der Waals surface area contributed by atoms with E-state index in [4.69, 9.17) is 5.10 Å². The Morgan fingerprint density at radius 3 is 2.33 bits per heavy atom. The zero-order chi connectivity index (χ0) is 25.2. The number of rotatable bonds is 5. The molecule has 2 aliphatic rings. The van der Waals surface area contributed by atoms with E-state index < -0.39 is 0 Å². The maximum absolute atomic E-state index is 13.7. The van der Waals surface area contributed by atoms with E-state index in [1.165, 1.54) is 36.0 Å². The SMILES string of the molecule is Cc1cc(C)nc(SCC(=O)N2N=C3/C(=C\c4ccc(F)cc4)CCCC3C2c2ccc(F)cc2)n1. The number of fused-ring (bicyclic) bond motifs is 1. The Labute approximate surface area is 213 Å². The van der Waals surface area contributed by atoms with Crippen LogP contribution >= 0.6 is 11.8 Å². The molecule has 2 aromatic carbocycles. The van der Waals surface area contributed by atoms with Crippen LogP contribution in [0.25, 0.3) is 6.08 Å². The molecule has 5 rings (SSSR count). The van der Waals surface area contributed by atoms with Gasteiger partial charge in [-0.05, 0) is 86.2 Å². The quantitative estimate of drug-likeness (QED) is 0.303. The van der Waals surface area contributed by atoms with E-state index in [9.17, 15) is 13.6 Å². The number of nitrogens with zero attached hydrogens (tertiary/aromatic N) is 4. The molecule has 5 nitrogen and oxygen atoms in total. The molecule has 0 saturated heterocycles. The van der Waals surface area contributed by atoms with Crippen molar-refractivity contribution in [3.63, 3.8) is 0 Å². The van der Waals surface area contributed by atoms with Gasteiger partial charge < -0.3 is 0 Å². The third-order valence-electron chi connectivity index (χ3n) is 6.47. The van der Waals surface area contributed by atoms with Crippen LogP contribution in [-0.4, -0.2) is 32.3 Å². The van der Waals surface area contributed by atoms with Crippen molar-refractivity contribution in [3.8, 4) is 0 Å². The van der Waals surface area contributed by atoms with Gasteiger partial charge in [0.1, 0.15) is 11.6 Å². The van der Waals surface area contributed by atoms with Crippen LogP contribution in [0.5, 0.6) is 0 Å². The molecule has 1 fully saturated rings. The second-order valence-electron chi connectivity index (χ2n) is 9.16. The summed E-state index contributed by atoms with van der Waals surface area (Å²) in [6, 6.07) is 14.2. The molecule has 36 heavy (non-hydrogen) atoms. The van der Waals surface area contributed by atoms with Crippen LogP contribution in [0.15, 0.2) is 70.4 Å². The summed E-state index contributed by atoms with van der Waals surface area (Å²) in [6.45, 7) is 3.80. The Kier molecular flexibility index (Phi) is 6.96. The molecule has 184 valence electrons. The van der Waals surface area contributed by atoms with Crippen molar-refractivity contribution in [3.05, 3.63) is 94.3 Å². The highest BCUT2D eigenvalue weighted by atomic mass is 32.2. The third kappa shape index (κ3) is 5.23. The number of hydrazone groups is 1. The lowest BCUT2D eigenvalue weighted by molar-refractivity contribution is -0.130. The number of carbonyl (C=O) groups is 1. The number of halogens is 2. The fourth-order valence-electron chi connectivity index (χ4n) is 4.91. The molecule has 2 heterocycles. The first-order valence-electron chi connectivity index (χ1n) is 11.9. The lowest BCUT2D eigenvalue weighted by Crippen LogP contribution is -2.32. The molecule has 2 unspecified atom stereocenters. The van der Waals surface area contributed by atoms with Gasteiger partial charge in [-0.15, -0.1) is 0 Å². The maximum atomic E-state index is 13.7. The first kappa shape index (κ1) is 24.3. The molecule has 3 aromatic rings. The van der Waals surface area contributed by atoms with Crippen LogP contribution in [0.1, 0.15) is 47.8 Å². The minimum atomic E-state index is -0.321. The summed E-state index contributed by atoms with van der Waals surface area (Å²) < 4.78 is 27.1. The Balaban J connectivity index is 1.46. The number of hydrogen-bond acceptors (Lipinski definition) is 5. The summed E-state index contributed by atoms with van der Waals surface area (Å²) >= 11 is 1.29. The van der Waals surface area contributed by atoms with Gasteiger partial charge >= 0.3 is 0 Å². The Morgan fingerprint density at radius 2 is 1.67 bits per heavy atom. The van der Waals surface area contributed by atoms with Gasteiger partial charge in [0.2, 0.25) is 0 Å². The molecule has 1 amide bonds. The van der Waals surface area contributed by atoms with Crippen LogP contribution in [0.2, 0.25) is 0 Å². The third-order valence-corrected chi connectivity index (χ3v) is 7.30. The Bertz CT molecular complexity index is 1320. The maximum Gasteiger partial charge on any atom is 0.253 e. The van der Waals surface area contributed by atoms with E-state index in [1.54, 1.807) is 29.3 Å². The topological polar surface area (TPSA) is 58.5 Å². The van der Waals surface area contributed by atoms with Crippen molar-refractivity contribution >= 4 is 29.5 Å². The highest BCUT2D eigenvalue weighted by Crippen LogP contribution is 2.44. The van der Waals surface area contributed by atoms with Gasteiger partial charge in [0, 0.05) is 17.3 Å². The molecule has 2 atom stereocenters. The highest BCUT2D eigenvalue weighted by molar-refractivity contribution is 7.99. The normalized spacial score (nSPS) is 20.4. The molecule has 1 aromatic heterocycles. The largest absolute Gasteiger partial charge is 0.272 e. The molecular weight excluding hydrogens is 478 g/mol. The molecule has 0 radical (unpaired) electrons. The van der Waals surface area contributed by atoms with Crippen LogP contribution in [0, 0.1) is 31.4 Å². The van der Waals surface area contributed by atoms with Crippen molar-refractivity contribution in [1.82, 2.24) is 15.0 Å². The van der Waals surface area contributed by atoms with Crippen molar-refractivity contribution in [1.29, 1.82) is 0 Å².